The molecule has 2 rings (SSSR count). The Bertz CT molecular complexity index is 621. The van der Waals surface area contributed by atoms with Crippen LogP contribution in [0.3, 0.4) is 0 Å². The van der Waals surface area contributed by atoms with Crippen molar-refractivity contribution in [2.75, 3.05) is 0 Å². The second kappa shape index (κ2) is 5.30. The van der Waals surface area contributed by atoms with E-state index in [-0.39, 0.29) is 5.56 Å². The van der Waals surface area contributed by atoms with Gasteiger partial charge in [0.05, 0.1) is 5.56 Å². The van der Waals surface area contributed by atoms with Crippen molar-refractivity contribution in [3.05, 3.63) is 65.5 Å². The van der Waals surface area contributed by atoms with Crippen molar-refractivity contribution in [2.24, 2.45) is 5.73 Å². The van der Waals surface area contributed by atoms with Crippen LogP contribution < -0.4 is 10.3 Å². The number of hydrogen-bond acceptors (Lipinski definition) is 2. The SMILES string of the molecule is NC(=O)c1ccc[n+](Cc2ccc(C(=O)O)cc2)c1. The van der Waals surface area contributed by atoms with Gasteiger partial charge in [-0.1, -0.05) is 12.1 Å². The zero-order chi connectivity index (χ0) is 13.8. The molecule has 0 aliphatic carbocycles. The van der Waals surface area contributed by atoms with E-state index >= 15 is 0 Å². The highest BCUT2D eigenvalue weighted by Gasteiger charge is 2.08. The van der Waals surface area contributed by atoms with Crippen molar-refractivity contribution >= 4 is 11.9 Å². The fourth-order valence-corrected chi connectivity index (χ4v) is 1.73. The molecule has 1 amide bonds. The average molecular weight is 257 g/mol. The minimum absolute atomic E-state index is 0.250. The summed E-state index contributed by atoms with van der Waals surface area (Å²) in [5.74, 6) is -1.43. The quantitative estimate of drug-likeness (QED) is 0.795. The summed E-state index contributed by atoms with van der Waals surface area (Å²) in [7, 11) is 0. The second-order valence-electron chi connectivity index (χ2n) is 4.13. The van der Waals surface area contributed by atoms with Crippen LogP contribution in [0.15, 0.2) is 48.8 Å². The third kappa shape index (κ3) is 3.16. The van der Waals surface area contributed by atoms with E-state index in [9.17, 15) is 9.59 Å². The first-order chi connectivity index (χ1) is 9.06. The second-order valence-corrected chi connectivity index (χ2v) is 4.13. The molecule has 5 heteroatoms. The number of aromatic carboxylic acids is 1. The number of amides is 1. The topological polar surface area (TPSA) is 84.3 Å². The molecule has 0 saturated heterocycles. The maximum absolute atomic E-state index is 11.1. The molecule has 1 aromatic heterocycles. The Labute approximate surface area is 109 Å². The summed E-state index contributed by atoms with van der Waals surface area (Å²) in [4.78, 5) is 21.8. The number of rotatable bonds is 4. The number of pyridine rings is 1. The minimum atomic E-state index is -0.949. The summed E-state index contributed by atoms with van der Waals surface area (Å²) in [6.45, 7) is 0.543. The number of carboxylic acids is 1. The number of carbonyl (C=O) groups is 2. The van der Waals surface area contributed by atoms with Gasteiger partial charge >= 0.3 is 5.97 Å². The van der Waals surface area contributed by atoms with E-state index in [0.717, 1.165) is 5.56 Å². The summed E-state index contributed by atoms with van der Waals surface area (Å²) in [6, 6.07) is 9.98. The summed E-state index contributed by atoms with van der Waals surface area (Å²) in [5, 5.41) is 8.81. The van der Waals surface area contributed by atoms with E-state index in [1.165, 1.54) is 0 Å². The molecule has 0 fully saturated rings. The van der Waals surface area contributed by atoms with Crippen LogP contribution in [0.25, 0.3) is 0 Å². The van der Waals surface area contributed by atoms with Gasteiger partial charge in [-0.05, 0) is 18.2 Å². The smallest absolute Gasteiger partial charge is 0.335 e. The summed E-state index contributed by atoms with van der Waals surface area (Å²) < 4.78 is 1.82. The minimum Gasteiger partial charge on any atom is -0.478 e. The molecular weight excluding hydrogens is 244 g/mol. The van der Waals surface area contributed by atoms with Gasteiger partial charge in [0.15, 0.2) is 18.9 Å². The molecule has 0 bridgehead atoms. The van der Waals surface area contributed by atoms with Crippen molar-refractivity contribution in [3.63, 3.8) is 0 Å². The highest BCUT2D eigenvalue weighted by Crippen LogP contribution is 2.04. The Morgan fingerprint density at radius 2 is 1.79 bits per heavy atom. The number of carbonyl (C=O) groups excluding carboxylic acids is 1. The van der Waals surface area contributed by atoms with Crippen molar-refractivity contribution in [1.82, 2.24) is 0 Å². The number of nitrogens with two attached hydrogens (primary N) is 1. The van der Waals surface area contributed by atoms with Gasteiger partial charge in [0.1, 0.15) is 5.56 Å². The lowest BCUT2D eigenvalue weighted by Crippen LogP contribution is -2.35. The highest BCUT2D eigenvalue weighted by atomic mass is 16.4. The lowest BCUT2D eigenvalue weighted by molar-refractivity contribution is -0.688. The van der Waals surface area contributed by atoms with Crippen molar-refractivity contribution in [3.8, 4) is 0 Å². The Balaban J connectivity index is 2.19. The third-order valence-electron chi connectivity index (χ3n) is 2.71. The van der Waals surface area contributed by atoms with Crippen LogP contribution in [0.5, 0.6) is 0 Å². The van der Waals surface area contributed by atoms with Crippen LogP contribution >= 0.6 is 0 Å². The monoisotopic (exact) mass is 257 g/mol. The summed E-state index contributed by atoms with van der Waals surface area (Å²) in [5.41, 5.74) is 6.84. The van der Waals surface area contributed by atoms with Crippen LogP contribution in [-0.2, 0) is 6.54 Å². The van der Waals surface area contributed by atoms with E-state index in [2.05, 4.69) is 0 Å². The third-order valence-corrected chi connectivity index (χ3v) is 2.71. The predicted octanol–water partition coefficient (Wildman–Crippen LogP) is 0.819. The van der Waals surface area contributed by atoms with Crippen molar-refractivity contribution < 1.29 is 19.3 Å². The highest BCUT2D eigenvalue weighted by molar-refractivity contribution is 5.92. The van der Waals surface area contributed by atoms with E-state index in [1.54, 1.807) is 42.6 Å². The molecule has 1 aromatic carbocycles. The molecule has 19 heavy (non-hydrogen) atoms. The number of nitrogens with zero attached hydrogens (tertiary/aromatic N) is 1. The van der Waals surface area contributed by atoms with Gasteiger partial charge in [-0.3, -0.25) is 4.79 Å². The first-order valence-electron chi connectivity index (χ1n) is 5.67. The molecule has 3 N–H and O–H groups in total. The van der Waals surface area contributed by atoms with Crippen LogP contribution in [-0.4, -0.2) is 17.0 Å². The summed E-state index contributed by atoms with van der Waals surface area (Å²) >= 11 is 0. The van der Waals surface area contributed by atoms with Gasteiger partial charge in [-0.2, -0.15) is 4.57 Å². The maximum Gasteiger partial charge on any atom is 0.335 e. The molecule has 0 aliphatic rings. The van der Waals surface area contributed by atoms with Crippen molar-refractivity contribution in [1.29, 1.82) is 0 Å². The van der Waals surface area contributed by atoms with E-state index < -0.39 is 11.9 Å². The van der Waals surface area contributed by atoms with Gasteiger partial charge in [0, 0.05) is 11.6 Å². The van der Waals surface area contributed by atoms with Gasteiger partial charge < -0.3 is 10.8 Å². The van der Waals surface area contributed by atoms with Crippen molar-refractivity contribution in [2.45, 2.75) is 6.54 Å². The maximum atomic E-state index is 11.1. The number of hydrogen-bond donors (Lipinski definition) is 2. The molecule has 96 valence electrons. The lowest BCUT2D eigenvalue weighted by atomic mass is 10.1. The molecule has 5 nitrogen and oxygen atoms in total. The number of aromatic nitrogens is 1. The van der Waals surface area contributed by atoms with Crippen LogP contribution in [0.4, 0.5) is 0 Å². The van der Waals surface area contributed by atoms with E-state index in [1.807, 2.05) is 10.8 Å². The van der Waals surface area contributed by atoms with Crippen LogP contribution in [0.1, 0.15) is 26.3 Å². The Kier molecular flexibility index (Phi) is 3.56. The standard InChI is InChI=1S/C14H12N2O3/c15-13(17)12-2-1-7-16(9-12)8-10-3-5-11(6-4-10)14(18)19/h1-7,9H,8H2,(H2-,15,17,18,19)/p+1. The molecule has 0 aliphatic heterocycles. The molecular formula is C14H13N2O3+. The molecule has 0 atom stereocenters. The number of primary amides is 1. The lowest BCUT2D eigenvalue weighted by Gasteiger charge is -2.00. The van der Waals surface area contributed by atoms with Gasteiger partial charge in [-0.15, -0.1) is 0 Å². The van der Waals surface area contributed by atoms with Crippen LogP contribution in [0.2, 0.25) is 0 Å². The van der Waals surface area contributed by atoms with Crippen LogP contribution in [0, 0.1) is 0 Å². The fraction of sp³-hybridized carbons (Fsp3) is 0.0714. The van der Waals surface area contributed by atoms with E-state index in [4.69, 9.17) is 10.8 Å². The molecule has 0 saturated carbocycles. The largest absolute Gasteiger partial charge is 0.478 e. The predicted molar refractivity (Wildman–Crippen MR) is 67.7 cm³/mol. The number of benzene rings is 1. The molecule has 1 heterocycles. The zero-order valence-corrected chi connectivity index (χ0v) is 10.1. The molecule has 0 radical (unpaired) electrons. The normalized spacial score (nSPS) is 10.1. The zero-order valence-electron chi connectivity index (χ0n) is 10.1. The first-order valence-corrected chi connectivity index (χ1v) is 5.67. The molecule has 2 aromatic rings. The summed E-state index contributed by atoms with van der Waals surface area (Å²) in [6.07, 6.45) is 3.48. The molecule has 0 spiro atoms. The van der Waals surface area contributed by atoms with E-state index in [0.29, 0.717) is 12.1 Å². The fourth-order valence-electron chi connectivity index (χ4n) is 1.73. The number of carboxylic acid groups (broad SMARTS) is 1. The first kappa shape index (κ1) is 12.8. The Morgan fingerprint density at radius 3 is 2.37 bits per heavy atom. The van der Waals surface area contributed by atoms with Gasteiger partial charge in [0.25, 0.3) is 5.91 Å². The Morgan fingerprint density at radius 1 is 1.11 bits per heavy atom. The van der Waals surface area contributed by atoms with Gasteiger partial charge in [0.2, 0.25) is 0 Å². The Hall–Kier alpha value is -2.69. The van der Waals surface area contributed by atoms with Gasteiger partial charge in [-0.25, -0.2) is 4.79 Å². The average Bonchev–Trinajstić information content (AvgIpc) is 2.39. The molecule has 0 unspecified atom stereocenters.